The Morgan fingerprint density at radius 1 is 1.35 bits per heavy atom. The molecule has 1 aromatic carbocycles. The molecule has 2 N–H and O–H groups in total. The molecule has 5 nitrogen and oxygen atoms in total. The molecule has 0 aliphatic carbocycles. The van der Waals surface area contributed by atoms with E-state index in [1.165, 1.54) is 0 Å². The largest absolute Gasteiger partial charge is 0.337 e. The summed E-state index contributed by atoms with van der Waals surface area (Å²) in [6.07, 6.45) is 1.97. The first-order valence-corrected chi connectivity index (χ1v) is 7.97. The molecule has 1 fully saturated rings. The standard InChI is InChI=1S/C17H23N3O2.ClH/c1-12-6-7-20(14(8-12)9-18)16(21)11-19-10-13-4-2-3-5-15(13)17(19)22;/h2-5,12,14H,6-11,18H2,1H3;1H. The van der Waals surface area contributed by atoms with Crippen LogP contribution in [-0.2, 0) is 11.3 Å². The zero-order valence-corrected chi connectivity index (χ0v) is 14.2. The van der Waals surface area contributed by atoms with Gasteiger partial charge in [-0.25, -0.2) is 0 Å². The molecule has 0 spiro atoms. The zero-order chi connectivity index (χ0) is 15.7. The first-order valence-electron chi connectivity index (χ1n) is 7.97. The average Bonchev–Trinajstić information content (AvgIpc) is 2.83. The van der Waals surface area contributed by atoms with Crippen molar-refractivity contribution in [1.82, 2.24) is 9.80 Å². The lowest BCUT2D eigenvalue weighted by atomic mass is 9.92. The van der Waals surface area contributed by atoms with Gasteiger partial charge in [0.25, 0.3) is 5.91 Å². The van der Waals surface area contributed by atoms with Crippen molar-refractivity contribution in [3.63, 3.8) is 0 Å². The maximum Gasteiger partial charge on any atom is 0.254 e. The van der Waals surface area contributed by atoms with Crippen LogP contribution >= 0.6 is 12.4 Å². The van der Waals surface area contributed by atoms with Crippen molar-refractivity contribution in [2.45, 2.75) is 32.4 Å². The molecule has 6 heteroatoms. The number of hydrogen-bond donors (Lipinski definition) is 1. The van der Waals surface area contributed by atoms with Gasteiger partial charge in [0.1, 0.15) is 6.54 Å². The van der Waals surface area contributed by atoms with Crippen LogP contribution in [0.25, 0.3) is 0 Å². The van der Waals surface area contributed by atoms with E-state index in [2.05, 4.69) is 6.92 Å². The van der Waals surface area contributed by atoms with Gasteiger partial charge in [-0.3, -0.25) is 9.59 Å². The van der Waals surface area contributed by atoms with Crippen LogP contribution in [0.2, 0.25) is 0 Å². The number of piperidine rings is 1. The second kappa shape index (κ2) is 7.32. The quantitative estimate of drug-likeness (QED) is 0.912. The number of fused-ring (bicyclic) bond motifs is 1. The highest BCUT2D eigenvalue weighted by Crippen LogP contribution is 2.25. The van der Waals surface area contributed by atoms with Gasteiger partial charge < -0.3 is 15.5 Å². The number of nitrogens with zero attached hydrogens (tertiary/aromatic N) is 2. The molecule has 0 aromatic heterocycles. The second-order valence-electron chi connectivity index (χ2n) is 6.42. The highest BCUT2D eigenvalue weighted by Gasteiger charge is 2.33. The van der Waals surface area contributed by atoms with Crippen molar-refractivity contribution < 1.29 is 9.59 Å². The van der Waals surface area contributed by atoms with E-state index in [9.17, 15) is 9.59 Å². The van der Waals surface area contributed by atoms with Gasteiger partial charge in [-0.2, -0.15) is 0 Å². The molecule has 2 atom stereocenters. The number of carbonyl (C=O) groups is 2. The maximum absolute atomic E-state index is 12.6. The van der Waals surface area contributed by atoms with Crippen molar-refractivity contribution in [1.29, 1.82) is 0 Å². The molecular weight excluding hydrogens is 314 g/mol. The number of amides is 2. The maximum atomic E-state index is 12.6. The smallest absolute Gasteiger partial charge is 0.254 e. The van der Waals surface area contributed by atoms with Crippen molar-refractivity contribution in [2.24, 2.45) is 11.7 Å². The van der Waals surface area contributed by atoms with Crippen molar-refractivity contribution >= 4 is 24.2 Å². The number of hydrogen-bond acceptors (Lipinski definition) is 3. The van der Waals surface area contributed by atoms with Crippen molar-refractivity contribution in [3.05, 3.63) is 35.4 Å². The monoisotopic (exact) mass is 337 g/mol. The fourth-order valence-electron chi connectivity index (χ4n) is 3.50. The topological polar surface area (TPSA) is 66.6 Å². The molecule has 2 aliphatic rings. The van der Waals surface area contributed by atoms with Gasteiger partial charge in [0, 0.05) is 31.2 Å². The lowest BCUT2D eigenvalue weighted by Crippen LogP contribution is -2.52. The molecule has 0 saturated carbocycles. The van der Waals surface area contributed by atoms with Gasteiger partial charge in [-0.1, -0.05) is 25.1 Å². The van der Waals surface area contributed by atoms with E-state index in [-0.39, 0.29) is 36.8 Å². The third kappa shape index (κ3) is 3.51. The van der Waals surface area contributed by atoms with E-state index < -0.39 is 0 Å². The summed E-state index contributed by atoms with van der Waals surface area (Å²) in [6, 6.07) is 7.67. The molecule has 23 heavy (non-hydrogen) atoms. The molecule has 1 saturated heterocycles. The molecule has 3 rings (SSSR count). The SMILES string of the molecule is CC1CCN(C(=O)CN2Cc3ccccc3C2=O)C(CN)C1.Cl. The third-order valence-electron chi connectivity index (χ3n) is 4.79. The number of benzene rings is 1. The van der Waals surface area contributed by atoms with E-state index in [1.807, 2.05) is 29.2 Å². The van der Waals surface area contributed by atoms with Crippen LogP contribution in [0.4, 0.5) is 0 Å². The minimum absolute atomic E-state index is 0. The average molecular weight is 338 g/mol. The van der Waals surface area contributed by atoms with E-state index in [0.29, 0.717) is 19.0 Å². The number of halogens is 1. The Morgan fingerprint density at radius 3 is 2.78 bits per heavy atom. The van der Waals surface area contributed by atoms with Crippen molar-refractivity contribution in [2.75, 3.05) is 19.6 Å². The number of carbonyl (C=O) groups excluding carboxylic acids is 2. The summed E-state index contributed by atoms with van der Waals surface area (Å²) in [6.45, 7) is 4.11. The van der Waals surface area contributed by atoms with Gasteiger partial charge in [-0.05, 0) is 30.4 Å². The van der Waals surface area contributed by atoms with Crippen LogP contribution in [-0.4, -0.2) is 47.3 Å². The van der Waals surface area contributed by atoms with Gasteiger partial charge in [-0.15, -0.1) is 12.4 Å². The number of rotatable bonds is 3. The number of likely N-dealkylation sites (tertiary alicyclic amines) is 1. The van der Waals surface area contributed by atoms with Crippen LogP contribution < -0.4 is 5.73 Å². The molecule has 126 valence electrons. The second-order valence-corrected chi connectivity index (χ2v) is 6.42. The highest BCUT2D eigenvalue weighted by atomic mass is 35.5. The normalized spacial score (nSPS) is 23.5. The predicted molar refractivity (Wildman–Crippen MR) is 91.4 cm³/mol. The minimum Gasteiger partial charge on any atom is -0.337 e. The summed E-state index contributed by atoms with van der Waals surface area (Å²) in [5.74, 6) is 0.581. The molecule has 2 aliphatic heterocycles. The molecule has 2 unspecified atom stereocenters. The first-order chi connectivity index (χ1) is 10.6. The summed E-state index contributed by atoms with van der Waals surface area (Å²) in [5, 5.41) is 0. The van der Waals surface area contributed by atoms with Crippen LogP contribution in [0, 0.1) is 5.92 Å². The van der Waals surface area contributed by atoms with Gasteiger partial charge in [0.05, 0.1) is 0 Å². The van der Waals surface area contributed by atoms with E-state index in [4.69, 9.17) is 5.73 Å². The summed E-state index contributed by atoms with van der Waals surface area (Å²) in [4.78, 5) is 28.5. The van der Waals surface area contributed by atoms with Gasteiger partial charge in [0.15, 0.2) is 0 Å². The van der Waals surface area contributed by atoms with E-state index >= 15 is 0 Å². The van der Waals surface area contributed by atoms with E-state index in [0.717, 1.165) is 30.5 Å². The Morgan fingerprint density at radius 2 is 2.09 bits per heavy atom. The van der Waals surface area contributed by atoms with Gasteiger partial charge >= 0.3 is 0 Å². The fourth-order valence-corrected chi connectivity index (χ4v) is 3.50. The Balaban J connectivity index is 0.00000192. The summed E-state index contributed by atoms with van der Waals surface area (Å²) in [5.41, 5.74) is 7.55. The van der Waals surface area contributed by atoms with Crippen LogP contribution in [0.5, 0.6) is 0 Å². The fraction of sp³-hybridized carbons (Fsp3) is 0.529. The summed E-state index contributed by atoms with van der Waals surface area (Å²) < 4.78 is 0. The molecule has 0 bridgehead atoms. The van der Waals surface area contributed by atoms with Crippen LogP contribution in [0.1, 0.15) is 35.7 Å². The van der Waals surface area contributed by atoms with E-state index in [1.54, 1.807) is 4.90 Å². The lowest BCUT2D eigenvalue weighted by Gasteiger charge is -2.38. The van der Waals surface area contributed by atoms with Crippen LogP contribution in [0.15, 0.2) is 24.3 Å². The molecule has 2 heterocycles. The molecule has 0 radical (unpaired) electrons. The van der Waals surface area contributed by atoms with Crippen LogP contribution in [0.3, 0.4) is 0 Å². The predicted octanol–water partition coefficient (Wildman–Crippen LogP) is 1.65. The Labute approximate surface area is 143 Å². The number of nitrogens with two attached hydrogens (primary N) is 1. The summed E-state index contributed by atoms with van der Waals surface area (Å²) >= 11 is 0. The molecule has 1 aromatic rings. The Hall–Kier alpha value is -1.59. The Bertz CT molecular complexity index is 593. The Kier molecular flexibility index (Phi) is 5.65. The summed E-state index contributed by atoms with van der Waals surface area (Å²) in [7, 11) is 0. The molecular formula is C17H24ClN3O2. The highest BCUT2D eigenvalue weighted by molar-refractivity contribution is 6.00. The first kappa shape index (κ1) is 17.8. The zero-order valence-electron chi connectivity index (χ0n) is 13.4. The van der Waals surface area contributed by atoms with Crippen molar-refractivity contribution in [3.8, 4) is 0 Å². The lowest BCUT2D eigenvalue weighted by molar-refractivity contribution is -0.136. The molecule has 2 amide bonds. The third-order valence-corrected chi connectivity index (χ3v) is 4.79. The van der Waals surface area contributed by atoms with Gasteiger partial charge in [0.2, 0.25) is 5.91 Å². The minimum atomic E-state index is -0.0429.